The minimum absolute atomic E-state index is 0.0796. The Morgan fingerprint density at radius 2 is 1.65 bits per heavy atom. The lowest BCUT2D eigenvalue weighted by atomic mass is 9.71. The van der Waals surface area contributed by atoms with E-state index in [9.17, 15) is 19.2 Å². The molecule has 5 aromatic rings. The quantitative estimate of drug-likeness (QED) is 0.198. The van der Waals surface area contributed by atoms with Crippen LogP contribution in [0.3, 0.4) is 0 Å². The molecule has 0 bridgehead atoms. The zero-order valence-electron chi connectivity index (χ0n) is 31.5. The number of nitrogens with one attached hydrogen (secondary N) is 2. The van der Waals surface area contributed by atoms with Gasteiger partial charge in [0.05, 0.1) is 28.3 Å². The maximum atomic E-state index is 13.7. The van der Waals surface area contributed by atoms with Gasteiger partial charge in [-0.3, -0.25) is 29.6 Å². The standard InChI is InChI=1S/C41H42ClN11O4/c1-44-31-23-35(48-53-34(37(43)55)24-46-38(31)53)51-15-8-28-27(3-2-4-32(28)51)30-22-26(7-14-45-30)49-17-10-41(11-18-49)12-19-50(20-13-41)39(56)25-5-6-29(42)33(21-25)52-16-9-36(54)47-40(52)57/h2-7,14,21-24,44H,8-13,15-20H2,1H3,(H2,43,55)(H,47,54,57). The van der Waals surface area contributed by atoms with Crippen LogP contribution in [0, 0.1) is 5.41 Å². The minimum atomic E-state index is -0.594. The first-order valence-electron chi connectivity index (χ1n) is 19.3. The highest BCUT2D eigenvalue weighted by molar-refractivity contribution is 6.34. The van der Waals surface area contributed by atoms with E-state index in [0.717, 1.165) is 73.5 Å². The third-order valence-corrected chi connectivity index (χ3v) is 12.5. The number of primary amides is 1. The van der Waals surface area contributed by atoms with Gasteiger partial charge in [0.2, 0.25) is 5.91 Å². The number of imide groups is 1. The average Bonchev–Trinajstić information content (AvgIpc) is 3.87. The summed E-state index contributed by atoms with van der Waals surface area (Å²) < 4.78 is 1.50. The molecule has 0 aliphatic carbocycles. The monoisotopic (exact) mass is 787 g/mol. The summed E-state index contributed by atoms with van der Waals surface area (Å²) in [6.07, 6.45) is 8.26. The molecule has 5 amide bonds. The molecule has 9 rings (SSSR count). The van der Waals surface area contributed by atoms with Crippen molar-refractivity contribution in [3.8, 4) is 11.3 Å². The van der Waals surface area contributed by atoms with Crippen LogP contribution < -0.4 is 31.1 Å². The first-order chi connectivity index (χ1) is 27.6. The molecule has 292 valence electrons. The second-order valence-corrected chi connectivity index (χ2v) is 15.6. The molecular formula is C41H42ClN11O4. The molecule has 4 aliphatic heterocycles. The molecule has 15 nitrogen and oxygen atoms in total. The van der Waals surface area contributed by atoms with E-state index in [-0.39, 0.29) is 35.9 Å². The van der Waals surface area contributed by atoms with Gasteiger partial charge in [0, 0.05) is 87.5 Å². The molecule has 3 fully saturated rings. The third-order valence-electron chi connectivity index (χ3n) is 12.1. The molecule has 4 N–H and O–H groups in total. The number of hydrogen-bond donors (Lipinski definition) is 3. The summed E-state index contributed by atoms with van der Waals surface area (Å²) >= 11 is 6.44. The Morgan fingerprint density at radius 3 is 2.40 bits per heavy atom. The summed E-state index contributed by atoms with van der Waals surface area (Å²) in [4.78, 5) is 67.0. The largest absolute Gasteiger partial charge is 0.385 e. The van der Waals surface area contributed by atoms with Gasteiger partial charge in [0.25, 0.3) is 11.8 Å². The highest BCUT2D eigenvalue weighted by Gasteiger charge is 2.39. The number of carbonyl (C=O) groups is 4. The number of fused-ring (bicyclic) bond motifs is 2. The number of amides is 5. The SMILES string of the molecule is CNc1cc(N2CCc3c(-c4cc(N5CCC6(CCN(C(=O)c7ccc(Cl)c(N8CCC(=O)NC8=O)c7)CC6)CC5)ccn4)cccc32)nn2c(C(N)=O)cnc12. The van der Waals surface area contributed by atoms with Crippen molar-refractivity contribution in [3.63, 3.8) is 0 Å². The Kier molecular flexibility index (Phi) is 9.18. The van der Waals surface area contributed by atoms with Crippen LogP contribution in [0.5, 0.6) is 0 Å². The number of anilines is 5. The van der Waals surface area contributed by atoms with Crippen molar-refractivity contribution in [2.75, 3.05) is 66.3 Å². The van der Waals surface area contributed by atoms with E-state index in [4.69, 9.17) is 27.4 Å². The molecule has 1 spiro atoms. The fraction of sp³-hybridized carbons (Fsp3) is 0.341. The number of rotatable bonds is 7. The van der Waals surface area contributed by atoms with E-state index in [1.54, 1.807) is 18.2 Å². The number of imidazole rings is 1. The molecule has 3 saturated heterocycles. The average molecular weight is 788 g/mol. The van der Waals surface area contributed by atoms with Gasteiger partial charge < -0.3 is 25.8 Å². The van der Waals surface area contributed by atoms with Crippen LogP contribution in [-0.2, 0) is 11.2 Å². The Labute approximate surface area is 333 Å². The van der Waals surface area contributed by atoms with Crippen molar-refractivity contribution < 1.29 is 19.2 Å². The number of aromatic nitrogens is 4. The smallest absolute Gasteiger partial charge is 0.328 e. The first-order valence-corrected chi connectivity index (χ1v) is 19.7. The topological polar surface area (TPSA) is 174 Å². The molecule has 3 aromatic heterocycles. The van der Waals surface area contributed by atoms with Gasteiger partial charge in [-0.15, -0.1) is 5.10 Å². The number of likely N-dealkylation sites (tertiary alicyclic amines) is 1. The van der Waals surface area contributed by atoms with Gasteiger partial charge in [-0.1, -0.05) is 23.7 Å². The summed E-state index contributed by atoms with van der Waals surface area (Å²) in [5, 5.41) is 10.6. The maximum absolute atomic E-state index is 13.7. The zero-order chi connectivity index (χ0) is 39.4. The van der Waals surface area contributed by atoms with Gasteiger partial charge in [0.1, 0.15) is 5.69 Å². The Morgan fingerprint density at radius 1 is 0.877 bits per heavy atom. The fourth-order valence-electron chi connectivity index (χ4n) is 8.87. The van der Waals surface area contributed by atoms with Gasteiger partial charge in [-0.2, -0.15) is 0 Å². The van der Waals surface area contributed by atoms with E-state index in [2.05, 4.69) is 49.7 Å². The molecule has 7 heterocycles. The van der Waals surface area contributed by atoms with Crippen LogP contribution >= 0.6 is 11.6 Å². The van der Waals surface area contributed by atoms with Crippen LogP contribution in [-0.4, -0.2) is 94.6 Å². The minimum Gasteiger partial charge on any atom is -0.385 e. The summed E-state index contributed by atoms with van der Waals surface area (Å²) in [5.74, 6) is -0.314. The van der Waals surface area contributed by atoms with E-state index < -0.39 is 11.9 Å². The fourth-order valence-corrected chi connectivity index (χ4v) is 9.09. The predicted octanol–water partition coefficient (Wildman–Crippen LogP) is 5.25. The predicted molar refractivity (Wildman–Crippen MR) is 217 cm³/mol. The number of benzene rings is 2. The van der Waals surface area contributed by atoms with Crippen molar-refractivity contribution in [1.29, 1.82) is 0 Å². The van der Waals surface area contributed by atoms with Crippen molar-refractivity contribution in [1.82, 2.24) is 29.8 Å². The van der Waals surface area contributed by atoms with Crippen molar-refractivity contribution in [3.05, 3.63) is 88.8 Å². The Bertz CT molecular complexity index is 2450. The van der Waals surface area contributed by atoms with Crippen molar-refractivity contribution >= 4 is 69.6 Å². The van der Waals surface area contributed by atoms with Crippen LogP contribution in [0.1, 0.15) is 58.5 Å². The number of pyridine rings is 1. The number of nitrogens with zero attached hydrogens (tertiary/aromatic N) is 8. The van der Waals surface area contributed by atoms with Gasteiger partial charge in [-0.05, 0) is 79.5 Å². The zero-order valence-corrected chi connectivity index (χ0v) is 32.3. The van der Waals surface area contributed by atoms with E-state index in [1.807, 2.05) is 30.3 Å². The summed E-state index contributed by atoms with van der Waals surface area (Å²) in [7, 11) is 1.81. The van der Waals surface area contributed by atoms with Crippen LogP contribution in [0.2, 0.25) is 5.02 Å². The molecule has 0 atom stereocenters. The normalized spacial score (nSPS) is 17.9. The molecular weight excluding hydrogens is 746 g/mol. The van der Waals surface area contributed by atoms with E-state index in [0.29, 0.717) is 47.4 Å². The van der Waals surface area contributed by atoms with Crippen LogP contribution in [0.4, 0.5) is 33.4 Å². The van der Waals surface area contributed by atoms with Gasteiger partial charge in [0.15, 0.2) is 11.5 Å². The summed E-state index contributed by atoms with van der Waals surface area (Å²) in [6.45, 7) is 4.10. The number of carbonyl (C=O) groups excluding carboxylic acids is 4. The van der Waals surface area contributed by atoms with Crippen LogP contribution in [0.25, 0.3) is 16.9 Å². The number of piperidine rings is 2. The highest BCUT2D eigenvalue weighted by Crippen LogP contribution is 2.44. The second kappa shape index (κ2) is 14.4. The van der Waals surface area contributed by atoms with Crippen molar-refractivity contribution in [2.24, 2.45) is 11.1 Å². The second-order valence-electron chi connectivity index (χ2n) is 15.2. The third kappa shape index (κ3) is 6.54. The summed E-state index contributed by atoms with van der Waals surface area (Å²) in [6, 6.07) is 17.0. The van der Waals surface area contributed by atoms with Gasteiger partial charge in [-0.25, -0.2) is 14.3 Å². The lowest BCUT2D eigenvalue weighted by Crippen LogP contribution is -2.50. The Balaban J connectivity index is 0.865. The molecule has 16 heteroatoms. The van der Waals surface area contributed by atoms with Crippen LogP contribution in [0.15, 0.2) is 67.0 Å². The molecule has 0 radical (unpaired) electrons. The first kappa shape index (κ1) is 36.4. The molecule has 57 heavy (non-hydrogen) atoms. The van der Waals surface area contributed by atoms with E-state index in [1.165, 1.54) is 21.2 Å². The highest BCUT2D eigenvalue weighted by atomic mass is 35.5. The maximum Gasteiger partial charge on any atom is 0.328 e. The number of nitrogens with two attached hydrogens (primary N) is 1. The molecule has 4 aliphatic rings. The molecule has 0 unspecified atom stereocenters. The van der Waals surface area contributed by atoms with Crippen molar-refractivity contribution in [2.45, 2.75) is 38.5 Å². The number of hydrogen-bond acceptors (Lipinski definition) is 10. The summed E-state index contributed by atoms with van der Waals surface area (Å²) in [5.41, 5.74) is 13.6. The van der Waals surface area contributed by atoms with E-state index >= 15 is 0 Å². The lowest BCUT2D eigenvalue weighted by Gasteiger charge is -2.47. The molecule has 2 aromatic carbocycles. The Hall–Kier alpha value is -6.22. The molecule has 0 saturated carbocycles. The lowest BCUT2D eigenvalue weighted by molar-refractivity contribution is -0.120. The van der Waals surface area contributed by atoms with Gasteiger partial charge >= 0.3 is 6.03 Å². The number of urea groups is 1. The number of halogens is 1.